The second-order valence-electron chi connectivity index (χ2n) is 4.61. The van der Waals surface area contributed by atoms with Gasteiger partial charge in [0.1, 0.15) is 6.10 Å². The molecule has 2 heterocycles. The van der Waals surface area contributed by atoms with E-state index in [2.05, 4.69) is 15.0 Å². The average Bonchev–Trinajstić information content (AvgIpc) is 2.87. The van der Waals surface area contributed by atoms with E-state index in [1.54, 1.807) is 18.6 Å². The molecule has 0 fully saturated rings. The highest BCUT2D eigenvalue weighted by atomic mass is 16.3. The minimum Gasteiger partial charge on any atom is -0.384 e. The van der Waals surface area contributed by atoms with Crippen LogP contribution >= 0.6 is 0 Å². The maximum atomic E-state index is 9.71. The lowest BCUT2D eigenvalue weighted by Gasteiger charge is -2.08. The zero-order valence-electron chi connectivity index (χ0n) is 11.1. The Balaban J connectivity index is 2.06. The van der Waals surface area contributed by atoms with E-state index in [0.29, 0.717) is 5.82 Å². The summed E-state index contributed by atoms with van der Waals surface area (Å²) in [5, 5.41) is 9.71. The number of nitrogens with zero attached hydrogens (tertiary/aromatic N) is 4. The lowest BCUT2D eigenvalue weighted by molar-refractivity contribution is 0.176. The third kappa shape index (κ3) is 2.15. The number of benzene rings is 1. The van der Waals surface area contributed by atoms with Gasteiger partial charge in [-0.3, -0.25) is 0 Å². The van der Waals surface area contributed by atoms with Crippen LogP contribution in [0.5, 0.6) is 0 Å². The molecule has 1 aromatic carbocycles. The fourth-order valence-electron chi connectivity index (χ4n) is 2.10. The van der Waals surface area contributed by atoms with Crippen LogP contribution in [0, 0.1) is 0 Å². The Morgan fingerprint density at radius 3 is 2.95 bits per heavy atom. The summed E-state index contributed by atoms with van der Waals surface area (Å²) in [6, 6.07) is 7.75. The zero-order chi connectivity index (χ0) is 14.1. The SMILES string of the molecule is Cn1cnc2cc(-c3ccnc(C(O)CN)n3)ccc21. The van der Waals surface area contributed by atoms with Crippen LogP contribution in [-0.4, -0.2) is 31.2 Å². The number of hydrogen-bond donors (Lipinski definition) is 2. The van der Waals surface area contributed by atoms with E-state index < -0.39 is 6.10 Å². The first kappa shape index (κ1) is 12.7. The number of fused-ring (bicyclic) bond motifs is 1. The normalized spacial score (nSPS) is 12.8. The molecule has 6 heteroatoms. The second-order valence-corrected chi connectivity index (χ2v) is 4.61. The van der Waals surface area contributed by atoms with Gasteiger partial charge >= 0.3 is 0 Å². The molecule has 3 aromatic rings. The minimum absolute atomic E-state index is 0.0999. The molecule has 0 spiro atoms. The summed E-state index contributed by atoms with van der Waals surface area (Å²) in [5.74, 6) is 0.339. The Morgan fingerprint density at radius 2 is 2.15 bits per heavy atom. The molecule has 3 N–H and O–H groups in total. The van der Waals surface area contributed by atoms with Crippen LogP contribution in [0.25, 0.3) is 22.3 Å². The Bertz CT molecular complexity index is 752. The fraction of sp³-hybridized carbons (Fsp3) is 0.214. The van der Waals surface area contributed by atoms with Gasteiger partial charge in [-0.1, -0.05) is 6.07 Å². The molecule has 1 unspecified atom stereocenters. The third-order valence-corrected chi connectivity index (χ3v) is 3.22. The van der Waals surface area contributed by atoms with Gasteiger partial charge in [-0.05, 0) is 18.2 Å². The zero-order valence-corrected chi connectivity index (χ0v) is 11.1. The van der Waals surface area contributed by atoms with Gasteiger partial charge in [0, 0.05) is 25.4 Å². The number of aliphatic hydroxyl groups is 1. The lowest BCUT2D eigenvalue weighted by Crippen LogP contribution is -2.14. The molecule has 2 aromatic heterocycles. The highest BCUT2D eigenvalue weighted by Crippen LogP contribution is 2.22. The number of nitrogens with two attached hydrogens (primary N) is 1. The minimum atomic E-state index is -0.839. The van der Waals surface area contributed by atoms with Gasteiger partial charge in [-0.25, -0.2) is 15.0 Å². The highest BCUT2D eigenvalue weighted by Gasteiger charge is 2.10. The molecule has 6 nitrogen and oxygen atoms in total. The van der Waals surface area contributed by atoms with Crippen molar-refractivity contribution in [3.63, 3.8) is 0 Å². The van der Waals surface area contributed by atoms with Crippen LogP contribution in [0.15, 0.2) is 36.8 Å². The van der Waals surface area contributed by atoms with E-state index in [1.807, 2.05) is 29.8 Å². The molecule has 20 heavy (non-hydrogen) atoms. The van der Waals surface area contributed by atoms with E-state index >= 15 is 0 Å². The van der Waals surface area contributed by atoms with Gasteiger partial charge in [0.25, 0.3) is 0 Å². The van der Waals surface area contributed by atoms with Crippen LogP contribution < -0.4 is 5.73 Å². The Kier molecular flexibility index (Phi) is 3.17. The molecule has 0 bridgehead atoms. The summed E-state index contributed by atoms with van der Waals surface area (Å²) >= 11 is 0. The number of aryl methyl sites for hydroxylation is 1. The lowest BCUT2D eigenvalue weighted by atomic mass is 10.1. The topological polar surface area (TPSA) is 89.8 Å². The predicted molar refractivity (Wildman–Crippen MR) is 75.8 cm³/mol. The first-order valence-electron chi connectivity index (χ1n) is 6.31. The van der Waals surface area contributed by atoms with Gasteiger partial charge < -0.3 is 15.4 Å². The Labute approximate surface area is 115 Å². The molecule has 0 aliphatic heterocycles. The van der Waals surface area contributed by atoms with Crippen molar-refractivity contribution in [1.29, 1.82) is 0 Å². The van der Waals surface area contributed by atoms with E-state index in [9.17, 15) is 5.11 Å². The molecule has 0 saturated heterocycles. The molecule has 0 saturated carbocycles. The van der Waals surface area contributed by atoms with Gasteiger partial charge in [-0.15, -0.1) is 0 Å². The quantitative estimate of drug-likeness (QED) is 0.741. The summed E-state index contributed by atoms with van der Waals surface area (Å²) in [5.41, 5.74) is 9.07. The van der Waals surface area contributed by atoms with E-state index in [4.69, 9.17) is 5.73 Å². The molecule has 0 amide bonds. The smallest absolute Gasteiger partial charge is 0.158 e. The van der Waals surface area contributed by atoms with Gasteiger partial charge in [0.05, 0.1) is 23.1 Å². The fourth-order valence-corrected chi connectivity index (χ4v) is 2.10. The van der Waals surface area contributed by atoms with Crippen molar-refractivity contribution in [2.75, 3.05) is 6.54 Å². The molecule has 0 aliphatic rings. The average molecular weight is 269 g/mol. The molecule has 0 radical (unpaired) electrons. The van der Waals surface area contributed by atoms with Crippen molar-refractivity contribution < 1.29 is 5.11 Å². The molecule has 1 atom stereocenters. The van der Waals surface area contributed by atoms with Gasteiger partial charge in [0.15, 0.2) is 5.82 Å². The van der Waals surface area contributed by atoms with Crippen molar-refractivity contribution in [1.82, 2.24) is 19.5 Å². The Morgan fingerprint density at radius 1 is 1.30 bits per heavy atom. The van der Waals surface area contributed by atoms with Crippen LogP contribution in [0.3, 0.4) is 0 Å². The maximum absolute atomic E-state index is 9.71. The van der Waals surface area contributed by atoms with Crippen molar-refractivity contribution in [3.8, 4) is 11.3 Å². The van der Waals surface area contributed by atoms with Crippen molar-refractivity contribution in [3.05, 3.63) is 42.6 Å². The summed E-state index contributed by atoms with van der Waals surface area (Å²) in [4.78, 5) is 12.7. The van der Waals surface area contributed by atoms with Crippen molar-refractivity contribution in [2.45, 2.75) is 6.10 Å². The first-order chi connectivity index (χ1) is 9.69. The maximum Gasteiger partial charge on any atom is 0.158 e. The monoisotopic (exact) mass is 269 g/mol. The van der Waals surface area contributed by atoms with Gasteiger partial charge in [-0.2, -0.15) is 0 Å². The van der Waals surface area contributed by atoms with Crippen LogP contribution in [-0.2, 0) is 7.05 Å². The predicted octanol–water partition coefficient (Wildman–Crippen LogP) is 1.02. The van der Waals surface area contributed by atoms with Gasteiger partial charge in [0.2, 0.25) is 0 Å². The summed E-state index contributed by atoms with van der Waals surface area (Å²) in [7, 11) is 1.95. The Hall–Kier alpha value is -2.31. The third-order valence-electron chi connectivity index (χ3n) is 3.22. The van der Waals surface area contributed by atoms with E-state index in [-0.39, 0.29) is 6.54 Å². The van der Waals surface area contributed by atoms with Crippen LogP contribution in [0.1, 0.15) is 11.9 Å². The molecular formula is C14H15N5O. The largest absolute Gasteiger partial charge is 0.384 e. The van der Waals surface area contributed by atoms with Crippen LogP contribution in [0.4, 0.5) is 0 Å². The molecule has 0 aliphatic carbocycles. The van der Waals surface area contributed by atoms with Crippen molar-refractivity contribution in [2.24, 2.45) is 12.8 Å². The number of imidazole rings is 1. The van der Waals surface area contributed by atoms with E-state index in [0.717, 1.165) is 22.3 Å². The molecular weight excluding hydrogens is 254 g/mol. The standard InChI is InChI=1S/C14H15N5O/c1-19-8-17-11-6-9(2-3-12(11)19)10-4-5-16-14(18-10)13(20)7-15/h2-6,8,13,20H,7,15H2,1H3. The highest BCUT2D eigenvalue weighted by molar-refractivity contribution is 5.81. The van der Waals surface area contributed by atoms with E-state index in [1.165, 1.54) is 0 Å². The number of aromatic nitrogens is 4. The number of hydrogen-bond acceptors (Lipinski definition) is 5. The number of rotatable bonds is 3. The summed E-state index contributed by atoms with van der Waals surface area (Å²) < 4.78 is 1.96. The second kappa shape index (κ2) is 4.99. The van der Waals surface area contributed by atoms with Crippen molar-refractivity contribution >= 4 is 11.0 Å². The number of aliphatic hydroxyl groups excluding tert-OH is 1. The summed E-state index contributed by atoms with van der Waals surface area (Å²) in [6.45, 7) is 0.0999. The summed E-state index contributed by atoms with van der Waals surface area (Å²) in [6.07, 6.45) is 2.56. The van der Waals surface area contributed by atoms with Crippen LogP contribution in [0.2, 0.25) is 0 Å². The molecule has 3 rings (SSSR count). The molecule has 102 valence electrons. The first-order valence-corrected chi connectivity index (χ1v) is 6.31.